The first-order valence-corrected chi connectivity index (χ1v) is 4.41. The van der Waals surface area contributed by atoms with Crippen molar-refractivity contribution in [2.75, 3.05) is 13.2 Å². The minimum absolute atomic E-state index is 0.0187. The zero-order chi connectivity index (χ0) is 9.90. The molecule has 0 saturated carbocycles. The summed E-state index contributed by atoms with van der Waals surface area (Å²) in [5.41, 5.74) is -0.434. The normalized spacial score (nSPS) is 22.8. The van der Waals surface area contributed by atoms with E-state index >= 15 is 0 Å². The maximum Gasteiger partial charge on any atom is 0.408 e. The van der Waals surface area contributed by atoms with Gasteiger partial charge in [-0.15, -0.1) is 0 Å². The molecule has 0 aliphatic carbocycles. The summed E-state index contributed by atoms with van der Waals surface area (Å²) < 4.78 is 5.08. The maximum absolute atomic E-state index is 11.2. The molecule has 0 aromatic carbocycles. The molecule has 13 heavy (non-hydrogen) atoms. The summed E-state index contributed by atoms with van der Waals surface area (Å²) in [5, 5.41) is 8.81. The van der Waals surface area contributed by atoms with Crippen LogP contribution in [0.15, 0.2) is 0 Å². The molecule has 3 N–H and O–H groups in total. The van der Waals surface area contributed by atoms with Crippen molar-refractivity contribution >= 4 is 6.09 Å². The first-order valence-electron chi connectivity index (χ1n) is 4.41. The molecule has 1 unspecified atom stereocenters. The lowest BCUT2D eigenvalue weighted by Crippen LogP contribution is -2.45. The molecule has 0 aromatic rings. The van der Waals surface area contributed by atoms with Gasteiger partial charge in [0.1, 0.15) is 5.60 Å². The molecule has 1 amide bonds. The molecular weight excluding hydrogens is 170 g/mol. The molecule has 5 nitrogen and oxygen atoms in total. The van der Waals surface area contributed by atoms with E-state index in [1.54, 1.807) is 0 Å². The Hall–Kier alpha value is -0.810. The Morgan fingerprint density at radius 2 is 2.23 bits per heavy atom. The number of nitrogens with one attached hydrogen (secondary N) is 3. The van der Waals surface area contributed by atoms with Gasteiger partial charge in [-0.2, -0.15) is 0 Å². The molecule has 0 spiro atoms. The van der Waals surface area contributed by atoms with Crippen LogP contribution in [0.1, 0.15) is 20.8 Å². The molecule has 76 valence electrons. The maximum atomic E-state index is 11.2. The highest BCUT2D eigenvalue weighted by atomic mass is 16.6. The molecule has 5 heteroatoms. The summed E-state index contributed by atoms with van der Waals surface area (Å²) in [4.78, 5) is 11.2. The second-order valence-corrected chi connectivity index (χ2v) is 4.03. The van der Waals surface area contributed by atoms with Crippen LogP contribution in [0.5, 0.6) is 0 Å². The number of ether oxygens (including phenoxy) is 1. The minimum atomic E-state index is -0.434. The van der Waals surface area contributed by atoms with E-state index in [1.165, 1.54) is 0 Å². The van der Waals surface area contributed by atoms with Crippen molar-refractivity contribution < 1.29 is 9.53 Å². The molecule has 1 saturated heterocycles. The molecule has 1 atom stereocenters. The Labute approximate surface area is 78.2 Å². The predicted octanol–water partition coefficient (Wildman–Crippen LogP) is -0.0125. The molecule has 0 aromatic heterocycles. The Kier molecular flexibility index (Phi) is 3.11. The van der Waals surface area contributed by atoms with E-state index in [9.17, 15) is 4.79 Å². The Morgan fingerprint density at radius 1 is 1.54 bits per heavy atom. The smallest absolute Gasteiger partial charge is 0.408 e. The summed E-state index contributed by atoms with van der Waals surface area (Å²) in [5.74, 6) is 0. The second kappa shape index (κ2) is 3.93. The topological polar surface area (TPSA) is 62.4 Å². The zero-order valence-electron chi connectivity index (χ0n) is 8.31. The average molecular weight is 187 g/mol. The minimum Gasteiger partial charge on any atom is -0.444 e. The van der Waals surface area contributed by atoms with Crippen LogP contribution in [-0.2, 0) is 4.74 Å². The van der Waals surface area contributed by atoms with Gasteiger partial charge >= 0.3 is 6.09 Å². The van der Waals surface area contributed by atoms with E-state index in [4.69, 9.17) is 4.74 Å². The monoisotopic (exact) mass is 187 g/mol. The van der Waals surface area contributed by atoms with Gasteiger partial charge in [-0.05, 0) is 20.8 Å². The third-order valence-corrected chi connectivity index (χ3v) is 1.51. The average Bonchev–Trinajstić information content (AvgIpc) is 2.34. The van der Waals surface area contributed by atoms with Crippen LogP contribution in [-0.4, -0.2) is 31.1 Å². The molecule has 1 aliphatic heterocycles. The van der Waals surface area contributed by atoms with Crippen molar-refractivity contribution in [2.45, 2.75) is 32.5 Å². The quantitative estimate of drug-likeness (QED) is 0.540. The van der Waals surface area contributed by atoms with E-state index in [1.807, 2.05) is 20.8 Å². The van der Waals surface area contributed by atoms with Crippen molar-refractivity contribution in [3.63, 3.8) is 0 Å². The van der Waals surface area contributed by atoms with Crippen LogP contribution in [0.25, 0.3) is 0 Å². The van der Waals surface area contributed by atoms with Gasteiger partial charge in [-0.25, -0.2) is 4.79 Å². The molecular formula is C8H17N3O2. The molecule has 1 fully saturated rings. The van der Waals surface area contributed by atoms with E-state index in [-0.39, 0.29) is 12.3 Å². The van der Waals surface area contributed by atoms with Gasteiger partial charge in [0.05, 0.1) is 6.17 Å². The van der Waals surface area contributed by atoms with Crippen LogP contribution in [0, 0.1) is 0 Å². The highest BCUT2D eigenvalue weighted by Crippen LogP contribution is 2.06. The Morgan fingerprint density at radius 3 is 2.69 bits per heavy atom. The van der Waals surface area contributed by atoms with Crippen LogP contribution in [0.2, 0.25) is 0 Å². The lowest BCUT2D eigenvalue weighted by Gasteiger charge is -2.21. The molecule has 1 aliphatic rings. The van der Waals surface area contributed by atoms with Crippen LogP contribution in [0.3, 0.4) is 0 Å². The largest absolute Gasteiger partial charge is 0.444 e. The number of carbonyl (C=O) groups excluding carboxylic acids is 1. The van der Waals surface area contributed by atoms with E-state index in [2.05, 4.69) is 16.0 Å². The third-order valence-electron chi connectivity index (χ3n) is 1.51. The fourth-order valence-corrected chi connectivity index (χ4v) is 1.04. The van der Waals surface area contributed by atoms with E-state index in [0.717, 1.165) is 13.2 Å². The molecule has 1 heterocycles. The molecule has 0 radical (unpaired) electrons. The number of carbonyl (C=O) groups is 1. The number of rotatable bonds is 1. The first-order chi connectivity index (χ1) is 5.97. The fraction of sp³-hybridized carbons (Fsp3) is 0.875. The van der Waals surface area contributed by atoms with E-state index < -0.39 is 5.60 Å². The Bertz CT molecular complexity index is 182. The van der Waals surface area contributed by atoms with Crippen LogP contribution < -0.4 is 16.0 Å². The SMILES string of the molecule is CC(C)(C)OC(=O)NC1CNCN1. The van der Waals surface area contributed by atoms with Crippen LogP contribution in [0.4, 0.5) is 4.79 Å². The lowest BCUT2D eigenvalue weighted by molar-refractivity contribution is 0.0503. The lowest BCUT2D eigenvalue weighted by atomic mass is 10.2. The molecule has 0 bridgehead atoms. The van der Waals surface area contributed by atoms with Gasteiger partial charge in [-0.1, -0.05) is 0 Å². The summed E-state index contributed by atoms with van der Waals surface area (Å²) in [6.45, 7) is 6.98. The standard InChI is InChI=1S/C8H17N3O2/c1-8(2,3)13-7(12)11-6-4-9-5-10-6/h6,9-10H,4-5H2,1-3H3,(H,11,12). The van der Waals surface area contributed by atoms with Gasteiger partial charge in [0.2, 0.25) is 0 Å². The van der Waals surface area contributed by atoms with Crippen LogP contribution >= 0.6 is 0 Å². The van der Waals surface area contributed by atoms with Crippen molar-refractivity contribution in [3.8, 4) is 0 Å². The van der Waals surface area contributed by atoms with Gasteiger partial charge in [-0.3, -0.25) is 5.32 Å². The predicted molar refractivity (Wildman–Crippen MR) is 49.2 cm³/mol. The molecule has 1 rings (SSSR count). The summed E-state index contributed by atoms with van der Waals surface area (Å²) in [7, 11) is 0. The van der Waals surface area contributed by atoms with Crippen molar-refractivity contribution in [1.29, 1.82) is 0 Å². The summed E-state index contributed by atoms with van der Waals surface area (Å²) >= 11 is 0. The van der Waals surface area contributed by atoms with Gasteiger partial charge in [0, 0.05) is 13.2 Å². The Balaban J connectivity index is 2.24. The number of amides is 1. The first kappa shape index (κ1) is 10.3. The highest BCUT2D eigenvalue weighted by Gasteiger charge is 2.20. The van der Waals surface area contributed by atoms with Gasteiger partial charge in [0.25, 0.3) is 0 Å². The van der Waals surface area contributed by atoms with Crippen molar-refractivity contribution in [1.82, 2.24) is 16.0 Å². The number of hydrogen-bond acceptors (Lipinski definition) is 4. The van der Waals surface area contributed by atoms with Crippen molar-refractivity contribution in [3.05, 3.63) is 0 Å². The van der Waals surface area contributed by atoms with Crippen molar-refractivity contribution in [2.24, 2.45) is 0 Å². The van der Waals surface area contributed by atoms with Gasteiger partial charge < -0.3 is 15.4 Å². The third kappa shape index (κ3) is 4.10. The second-order valence-electron chi connectivity index (χ2n) is 4.03. The van der Waals surface area contributed by atoms with Gasteiger partial charge in [0.15, 0.2) is 0 Å². The van der Waals surface area contributed by atoms with E-state index in [0.29, 0.717) is 0 Å². The highest BCUT2D eigenvalue weighted by molar-refractivity contribution is 5.68. The summed E-state index contributed by atoms with van der Waals surface area (Å²) in [6, 6.07) is 0. The number of hydrogen-bond donors (Lipinski definition) is 3. The zero-order valence-corrected chi connectivity index (χ0v) is 8.31. The summed E-state index contributed by atoms with van der Waals surface area (Å²) in [6.07, 6.45) is -0.399. The fourth-order valence-electron chi connectivity index (χ4n) is 1.04. The number of alkyl carbamates (subject to hydrolysis) is 1.